The molecule has 0 spiro atoms. The Morgan fingerprint density at radius 3 is 2.52 bits per heavy atom. The van der Waals surface area contributed by atoms with Crippen LogP contribution < -0.4 is 11.3 Å². The number of nitro benzene ring substituents is 1. The minimum Gasteiger partial charge on any atom is -0.339 e. The molecule has 1 aromatic rings. The molecule has 0 atom stereocenters. The van der Waals surface area contributed by atoms with Gasteiger partial charge in [0.1, 0.15) is 5.69 Å². The number of anilines is 1. The van der Waals surface area contributed by atoms with Crippen LogP contribution in [0.1, 0.15) is 37.0 Å². The van der Waals surface area contributed by atoms with Gasteiger partial charge in [-0.2, -0.15) is 0 Å². The number of rotatable bonds is 3. The lowest BCUT2D eigenvalue weighted by atomic mass is 9.82. The Morgan fingerprint density at radius 2 is 2.00 bits per heavy atom. The minimum absolute atomic E-state index is 0.114. The van der Waals surface area contributed by atoms with Gasteiger partial charge in [-0.25, -0.2) is 0 Å². The third-order valence-electron chi connectivity index (χ3n) is 4.00. The second-order valence-corrected chi connectivity index (χ2v) is 6.09. The SMILES string of the molecule is CC1(C)CCN(C(=O)c2ccc([N+](=O)[O-])c(NN)c2)CC1. The lowest BCUT2D eigenvalue weighted by molar-refractivity contribution is -0.384. The number of nitrogens with two attached hydrogens (primary N) is 1. The van der Waals surface area contributed by atoms with E-state index in [1.807, 2.05) is 0 Å². The van der Waals surface area contributed by atoms with Crippen LogP contribution in [0.5, 0.6) is 0 Å². The maximum Gasteiger partial charge on any atom is 0.293 e. The van der Waals surface area contributed by atoms with Crippen molar-refractivity contribution < 1.29 is 9.72 Å². The third-order valence-corrected chi connectivity index (χ3v) is 4.00. The van der Waals surface area contributed by atoms with Crippen LogP contribution in [0.4, 0.5) is 11.4 Å². The predicted octanol–water partition coefficient (Wildman–Crippen LogP) is 2.14. The van der Waals surface area contributed by atoms with Gasteiger partial charge in [0.15, 0.2) is 0 Å². The van der Waals surface area contributed by atoms with E-state index in [1.54, 1.807) is 4.90 Å². The van der Waals surface area contributed by atoms with Gasteiger partial charge in [0.05, 0.1) is 4.92 Å². The molecular weight excluding hydrogens is 272 g/mol. The number of carbonyl (C=O) groups excluding carboxylic acids is 1. The highest BCUT2D eigenvalue weighted by Gasteiger charge is 2.29. The first kappa shape index (κ1) is 15.2. The van der Waals surface area contributed by atoms with Crippen molar-refractivity contribution in [1.82, 2.24) is 4.90 Å². The summed E-state index contributed by atoms with van der Waals surface area (Å²) in [5.41, 5.74) is 2.94. The first-order valence-electron chi connectivity index (χ1n) is 6.88. The molecule has 0 radical (unpaired) electrons. The molecule has 0 bridgehead atoms. The van der Waals surface area contributed by atoms with Crippen LogP contribution in [0, 0.1) is 15.5 Å². The molecule has 7 nitrogen and oxygen atoms in total. The summed E-state index contributed by atoms with van der Waals surface area (Å²) in [6, 6.07) is 4.21. The molecule has 1 fully saturated rings. The highest BCUT2D eigenvalue weighted by molar-refractivity contribution is 5.96. The molecule has 1 amide bonds. The molecule has 0 aliphatic carbocycles. The van der Waals surface area contributed by atoms with Crippen molar-refractivity contribution in [2.75, 3.05) is 18.5 Å². The second-order valence-electron chi connectivity index (χ2n) is 6.09. The molecule has 114 valence electrons. The summed E-state index contributed by atoms with van der Waals surface area (Å²) in [6.45, 7) is 5.79. The van der Waals surface area contributed by atoms with Crippen LogP contribution in [0.25, 0.3) is 0 Å². The second kappa shape index (κ2) is 5.69. The number of nitrogens with one attached hydrogen (secondary N) is 1. The number of hydrogen-bond donors (Lipinski definition) is 2. The van der Waals surface area contributed by atoms with Gasteiger partial charge in [0, 0.05) is 24.7 Å². The zero-order valence-corrected chi connectivity index (χ0v) is 12.3. The van der Waals surface area contributed by atoms with E-state index < -0.39 is 4.92 Å². The van der Waals surface area contributed by atoms with Gasteiger partial charge in [0.25, 0.3) is 11.6 Å². The fourth-order valence-electron chi connectivity index (χ4n) is 2.44. The molecule has 1 aromatic carbocycles. The van der Waals surface area contributed by atoms with Crippen LogP contribution in [-0.2, 0) is 0 Å². The van der Waals surface area contributed by atoms with E-state index in [4.69, 9.17) is 5.84 Å². The normalized spacial score (nSPS) is 17.4. The van der Waals surface area contributed by atoms with E-state index in [0.29, 0.717) is 18.7 Å². The molecule has 1 aliphatic rings. The van der Waals surface area contributed by atoms with Crippen molar-refractivity contribution in [1.29, 1.82) is 0 Å². The fourth-order valence-corrected chi connectivity index (χ4v) is 2.44. The quantitative estimate of drug-likeness (QED) is 0.505. The minimum atomic E-state index is -0.535. The van der Waals surface area contributed by atoms with E-state index in [-0.39, 0.29) is 22.7 Å². The van der Waals surface area contributed by atoms with Crippen molar-refractivity contribution in [2.45, 2.75) is 26.7 Å². The average molecular weight is 292 g/mol. The number of carbonyl (C=O) groups is 1. The molecule has 1 heterocycles. The Hall–Kier alpha value is -2.15. The Morgan fingerprint density at radius 1 is 1.38 bits per heavy atom. The monoisotopic (exact) mass is 292 g/mol. The lowest BCUT2D eigenvalue weighted by Crippen LogP contribution is -2.41. The number of nitrogen functional groups attached to an aromatic ring is 1. The maximum atomic E-state index is 12.4. The van der Waals surface area contributed by atoms with Crippen molar-refractivity contribution in [3.63, 3.8) is 0 Å². The number of likely N-dealkylation sites (tertiary alicyclic amines) is 1. The number of piperidine rings is 1. The number of nitrogens with zero attached hydrogens (tertiary/aromatic N) is 2. The fraction of sp³-hybridized carbons (Fsp3) is 0.500. The van der Waals surface area contributed by atoms with Crippen LogP contribution in [0.2, 0.25) is 0 Å². The van der Waals surface area contributed by atoms with Crippen molar-refractivity contribution >= 4 is 17.3 Å². The highest BCUT2D eigenvalue weighted by atomic mass is 16.6. The van der Waals surface area contributed by atoms with E-state index in [1.165, 1.54) is 18.2 Å². The van der Waals surface area contributed by atoms with E-state index in [9.17, 15) is 14.9 Å². The summed E-state index contributed by atoms with van der Waals surface area (Å²) in [6.07, 6.45) is 1.90. The molecule has 1 saturated heterocycles. The molecular formula is C14H20N4O3. The van der Waals surface area contributed by atoms with Gasteiger partial charge in [0.2, 0.25) is 0 Å². The molecule has 21 heavy (non-hydrogen) atoms. The van der Waals surface area contributed by atoms with Crippen LogP contribution in [-0.4, -0.2) is 28.8 Å². The first-order valence-corrected chi connectivity index (χ1v) is 6.88. The zero-order valence-electron chi connectivity index (χ0n) is 12.3. The van der Waals surface area contributed by atoms with Gasteiger partial charge < -0.3 is 10.3 Å². The van der Waals surface area contributed by atoms with E-state index in [2.05, 4.69) is 19.3 Å². The molecule has 1 aliphatic heterocycles. The van der Waals surface area contributed by atoms with Crippen LogP contribution in [0.15, 0.2) is 18.2 Å². The number of nitro groups is 1. The topological polar surface area (TPSA) is 102 Å². The standard InChI is InChI=1S/C14H20N4O3/c1-14(2)5-7-17(8-6-14)13(19)10-3-4-12(18(20)21)11(9-10)16-15/h3-4,9,16H,5-8,15H2,1-2H3. The number of hydrogen-bond acceptors (Lipinski definition) is 5. The third kappa shape index (κ3) is 3.30. The van der Waals surface area contributed by atoms with Gasteiger partial charge in [-0.15, -0.1) is 0 Å². The smallest absolute Gasteiger partial charge is 0.293 e. The zero-order chi connectivity index (χ0) is 15.6. The molecule has 0 aromatic heterocycles. The average Bonchev–Trinajstić information content (AvgIpc) is 2.45. The summed E-state index contributed by atoms with van der Waals surface area (Å²) in [5, 5.41) is 10.8. The molecule has 7 heteroatoms. The first-order chi connectivity index (χ1) is 9.84. The van der Waals surface area contributed by atoms with E-state index >= 15 is 0 Å². The van der Waals surface area contributed by atoms with E-state index in [0.717, 1.165) is 12.8 Å². The van der Waals surface area contributed by atoms with Crippen LogP contribution >= 0.6 is 0 Å². The Kier molecular flexibility index (Phi) is 4.13. The Bertz CT molecular complexity index is 561. The molecule has 0 saturated carbocycles. The Balaban J connectivity index is 2.18. The van der Waals surface area contributed by atoms with Crippen molar-refractivity contribution in [3.05, 3.63) is 33.9 Å². The van der Waals surface area contributed by atoms with Gasteiger partial charge in [-0.1, -0.05) is 13.8 Å². The summed E-state index contributed by atoms with van der Waals surface area (Å²) in [7, 11) is 0. The summed E-state index contributed by atoms with van der Waals surface area (Å²) in [4.78, 5) is 24.5. The largest absolute Gasteiger partial charge is 0.339 e. The van der Waals surface area contributed by atoms with Crippen LogP contribution in [0.3, 0.4) is 0 Å². The lowest BCUT2D eigenvalue weighted by Gasteiger charge is -2.37. The van der Waals surface area contributed by atoms with Gasteiger partial charge in [-0.05, 0) is 30.4 Å². The van der Waals surface area contributed by atoms with Crippen molar-refractivity contribution in [2.24, 2.45) is 11.3 Å². The predicted molar refractivity (Wildman–Crippen MR) is 79.8 cm³/mol. The van der Waals surface area contributed by atoms with Crippen molar-refractivity contribution in [3.8, 4) is 0 Å². The number of hydrazine groups is 1. The van der Waals surface area contributed by atoms with Gasteiger partial charge in [-0.3, -0.25) is 20.8 Å². The summed E-state index contributed by atoms with van der Waals surface area (Å²) >= 11 is 0. The maximum absolute atomic E-state index is 12.4. The van der Waals surface area contributed by atoms with Gasteiger partial charge >= 0.3 is 0 Å². The number of benzene rings is 1. The Labute approximate surface area is 123 Å². The summed E-state index contributed by atoms with van der Waals surface area (Å²) < 4.78 is 0. The number of amides is 1. The summed E-state index contributed by atoms with van der Waals surface area (Å²) in [5.74, 6) is 5.18. The molecule has 0 unspecified atom stereocenters. The highest BCUT2D eigenvalue weighted by Crippen LogP contribution is 2.31. The molecule has 2 rings (SSSR count). The molecule has 3 N–H and O–H groups in total.